The Morgan fingerprint density at radius 2 is 2.11 bits per heavy atom. The highest BCUT2D eigenvalue weighted by molar-refractivity contribution is 5.96. The van der Waals surface area contributed by atoms with Crippen molar-refractivity contribution in [3.05, 3.63) is 65.5 Å². The molecule has 0 radical (unpaired) electrons. The summed E-state index contributed by atoms with van der Waals surface area (Å²) in [6, 6.07) is 12.1. The molecule has 2 aromatic carbocycles. The molecule has 2 heterocycles. The molecular formula is C21H19FN2O4. The minimum Gasteiger partial charge on any atom is -0.508 e. The first-order chi connectivity index (χ1) is 13.6. The van der Waals surface area contributed by atoms with Crippen LogP contribution in [0.2, 0.25) is 0 Å². The molecule has 0 unspecified atom stereocenters. The minimum atomic E-state index is -0.528. The van der Waals surface area contributed by atoms with Crippen molar-refractivity contribution in [2.45, 2.75) is 18.9 Å². The van der Waals surface area contributed by atoms with Crippen LogP contribution < -0.4 is 10.9 Å². The summed E-state index contributed by atoms with van der Waals surface area (Å²) >= 11 is 0. The van der Waals surface area contributed by atoms with Gasteiger partial charge in [0.25, 0.3) is 5.91 Å². The topological polar surface area (TPSA) is 84.1 Å². The van der Waals surface area contributed by atoms with Crippen molar-refractivity contribution in [2.75, 3.05) is 13.2 Å². The molecule has 7 heteroatoms. The number of fused-ring (bicyclic) bond motifs is 1. The quantitative estimate of drug-likeness (QED) is 0.724. The summed E-state index contributed by atoms with van der Waals surface area (Å²) in [4.78, 5) is 17.0. The number of hydrogen-bond acceptors (Lipinski definition) is 5. The lowest BCUT2D eigenvalue weighted by atomic mass is 10.1. The molecule has 0 spiro atoms. The Kier molecular flexibility index (Phi) is 5.08. The third kappa shape index (κ3) is 3.89. The van der Waals surface area contributed by atoms with E-state index in [1.165, 1.54) is 24.3 Å². The van der Waals surface area contributed by atoms with Crippen molar-refractivity contribution in [2.24, 2.45) is 4.99 Å². The highest BCUT2D eigenvalue weighted by Crippen LogP contribution is 2.21. The van der Waals surface area contributed by atoms with Crippen LogP contribution in [-0.2, 0) is 4.74 Å². The predicted molar refractivity (Wildman–Crippen MR) is 101 cm³/mol. The van der Waals surface area contributed by atoms with Gasteiger partial charge < -0.3 is 19.6 Å². The molecule has 28 heavy (non-hydrogen) atoms. The van der Waals surface area contributed by atoms with Crippen molar-refractivity contribution >= 4 is 22.6 Å². The normalized spacial score (nSPS) is 17.2. The van der Waals surface area contributed by atoms with Crippen LogP contribution in [0.1, 0.15) is 23.2 Å². The van der Waals surface area contributed by atoms with Crippen LogP contribution >= 0.6 is 0 Å². The van der Waals surface area contributed by atoms with E-state index in [4.69, 9.17) is 9.15 Å². The van der Waals surface area contributed by atoms with Crippen LogP contribution in [0.25, 0.3) is 11.0 Å². The van der Waals surface area contributed by atoms with E-state index in [0.717, 1.165) is 12.8 Å². The van der Waals surface area contributed by atoms with Gasteiger partial charge in [-0.15, -0.1) is 0 Å². The maximum atomic E-state index is 14.0. The molecule has 1 fully saturated rings. The number of hydrogen-bond donors (Lipinski definition) is 2. The number of halogens is 1. The first-order valence-electron chi connectivity index (χ1n) is 9.06. The van der Waals surface area contributed by atoms with Gasteiger partial charge in [0.15, 0.2) is 0 Å². The van der Waals surface area contributed by atoms with Gasteiger partial charge in [0.1, 0.15) is 28.4 Å². The number of nitrogens with zero attached hydrogens (tertiary/aromatic N) is 1. The standard InChI is InChI=1S/C21H19FN2O4/c22-17-5-1-2-6-18(17)24-21-16(20(26)23-12-15-4-3-9-27-15)10-13-7-8-14(25)11-19(13)28-21/h1-2,5-8,10-11,15,25H,3-4,9,12H2,(H,23,26)/t15-/m1/s1. The van der Waals surface area contributed by atoms with Gasteiger partial charge in [-0.1, -0.05) is 12.1 Å². The Hall–Kier alpha value is -3.19. The molecule has 0 bridgehead atoms. The average Bonchev–Trinajstić information content (AvgIpc) is 3.21. The van der Waals surface area contributed by atoms with Gasteiger partial charge in [-0.25, -0.2) is 9.38 Å². The number of carbonyl (C=O) groups is 1. The molecule has 1 aliphatic rings. The molecule has 6 nitrogen and oxygen atoms in total. The molecule has 0 aliphatic carbocycles. The number of carbonyl (C=O) groups excluding carboxylic acids is 1. The molecule has 2 N–H and O–H groups in total. The van der Waals surface area contributed by atoms with Crippen molar-refractivity contribution in [1.82, 2.24) is 5.32 Å². The number of benzene rings is 2. The summed E-state index contributed by atoms with van der Waals surface area (Å²) in [5, 5.41) is 13.1. The maximum absolute atomic E-state index is 14.0. The number of nitrogens with one attached hydrogen (secondary N) is 1. The van der Waals surface area contributed by atoms with Crippen molar-refractivity contribution < 1.29 is 23.4 Å². The summed E-state index contributed by atoms with van der Waals surface area (Å²) in [6.45, 7) is 1.08. The van der Waals surface area contributed by atoms with Crippen LogP contribution in [0.15, 0.2) is 57.9 Å². The van der Waals surface area contributed by atoms with E-state index in [0.29, 0.717) is 24.1 Å². The van der Waals surface area contributed by atoms with E-state index in [-0.39, 0.29) is 34.6 Å². The summed E-state index contributed by atoms with van der Waals surface area (Å²) in [6.07, 6.45) is 1.86. The third-order valence-electron chi connectivity index (χ3n) is 4.57. The molecule has 1 aromatic heterocycles. The highest BCUT2D eigenvalue weighted by Gasteiger charge is 2.19. The Bertz CT molecular complexity index is 1090. The number of ether oxygens (including phenoxy) is 1. The van der Waals surface area contributed by atoms with Crippen molar-refractivity contribution in [3.8, 4) is 5.75 Å². The Morgan fingerprint density at radius 3 is 2.89 bits per heavy atom. The lowest BCUT2D eigenvalue weighted by molar-refractivity contribution is 0.0854. The van der Waals surface area contributed by atoms with Gasteiger partial charge in [-0.2, -0.15) is 0 Å². The zero-order valence-corrected chi connectivity index (χ0v) is 15.0. The molecule has 1 amide bonds. The fraction of sp³-hybridized carbons (Fsp3) is 0.238. The van der Waals surface area contributed by atoms with Crippen LogP contribution in [-0.4, -0.2) is 30.3 Å². The minimum absolute atomic E-state index is 0.00903. The average molecular weight is 382 g/mol. The monoisotopic (exact) mass is 382 g/mol. The van der Waals surface area contributed by atoms with E-state index in [2.05, 4.69) is 10.3 Å². The van der Waals surface area contributed by atoms with Crippen LogP contribution in [0, 0.1) is 5.82 Å². The summed E-state index contributed by atoms with van der Waals surface area (Å²) in [5.41, 5.74) is 0.539. The molecular weight excluding hydrogens is 363 g/mol. The van der Waals surface area contributed by atoms with E-state index in [9.17, 15) is 14.3 Å². The first kappa shape index (κ1) is 18.2. The van der Waals surface area contributed by atoms with Gasteiger partial charge in [0, 0.05) is 24.6 Å². The Labute approximate surface area is 160 Å². The highest BCUT2D eigenvalue weighted by atomic mass is 19.1. The Morgan fingerprint density at radius 1 is 1.25 bits per heavy atom. The molecule has 1 saturated heterocycles. The summed E-state index contributed by atoms with van der Waals surface area (Å²) in [7, 11) is 0. The van der Waals surface area contributed by atoms with Crippen LogP contribution in [0.4, 0.5) is 10.1 Å². The molecule has 3 aromatic rings. The summed E-state index contributed by atoms with van der Waals surface area (Å²) in [5.74, 6) is -0.896. The predicted octanol–water partition coefficient (Wildman–Crippen LogP) is 3.42. The zero-order chi connectivity index (χ0) is 19.5. The van der Waals surface area contributed by atoms with Gasteiger partial charge in [0.2, 0.25) is 5.55 Å². The maximum Gasteiger partial charge on any atom is 0.256 e. The summed E-state index contributed by atoms with van der Waals surface area (Å²) < 4.78 is 25.3. The number of rotatable bonds is 4. The van der Waals surface area contributed by atoms with E-state index in [1.807, 2.05) is 0 Å². The SMILES string of the molecule is O=C(NC[C@H]1CCCO1)c1cc2ccc(O)cc2oc1=Nc1ccccc1F. The lowest BCUT2D eigenvalue weighted by Crippen LogP contribution is -2.34. The van der Waals surface area contributed by atoms with Crippen LogP contribution in [0.3, 0.4) is 0 Å². The second kappa shape index (κ2) is 7.82. The van der Waals surface area contributed by atoms with Gasteiger partial charge in [-0.3, -0.25) is 4.79 Å². The van der Waals surface area contributed by atoms with E-state index < -0.39 is 5.82 Å². The number of phenolic OH excluding ortho intramolecular Hbond substituents is 1. The first-order valence-corrected chi connectivity index (χ1v) is 9.06. The van der Waals surface area contributed by atoms with Gasteiger partial charge >= 0.3 is 0 Å². The molecule has 144 valence electrons. The van der Waals surface area contributed by atoms with Crippen LogP contribution in [0.5, 0.6) is 5.75 Å². The second-order valence-corrected chi connectivity index (χ2v) is 6.60. The fourth-order valence-corrected chi connectivity index (χ4v) is 3.11. The Balaban J connectivity index is 1.77. The third-order valence-corrected chi connectivity index (χ3v) is 4.57. The number of phenols is 1. The number of aromatic hydroxyl groups is 1. The number of amides is 1. The molecule has 0 saturated carbocycles. The van der Waals surface area contributed by atoms with Crippen molar-refractivity contribution in [3.63, 3.8) is 0 Å². The second-order valence-electron chi connectivity index (χ2n) is 6.60. The van der Waals surface area contributed by atoms with Crippen molar-refractivity contribution in [1.29, 1.82) is 0 Å². The largest absolute Gasteiger partial charge is 0.508 e. The fourth-order valence-electron chi connectivity index (χ4n) is 3.11. The molecule has 1 aliphatic heterocycles. The van der Waals surface area contributed by atoms with Gasteiger partial charge in [0.05, 0.1) is 6.10 Å². The van der Waals surface area contributed by atoms with Gasteiger partial charge in [-0.05, 0) is 43.2 Å². The molecule has 4 rings (SSSR count). The smallest absolute Gasteiger partial charge is 0.256 e. The van der Waals surface area contributed by atoms with E-state index in [1.54, 1.807) is 24.3 Å². The lowest BCUT2D eigenvalue weighted by Gasteiger charge is -2.11. The zero-order valence-electron chi connectivity index (χ0n) is 15.0. The number of para-hydroxylation sites is 1. The van der Waals surface area contributed by atoms with E-state index >= 15 is 0 Å². The molecule has 1 atom stereocenters.